The molecule has 1 rings (SSSR count). The van der Waals surface area contributed by atoms with Gasteiger partial charge in [-0.1, -0.05) is 43.1 Å². The van der Waals surface area contributed by atoms with E-state index in [9.17, 15) is 0 Å². The quantitative estimate of drug-likeness (QED) is 0.632. The Hall–Kier alpha value is 0.480. The van der Waals surface area contributed by atoms with Crippen LogP contribution in [0.2, 0.25) is 0 Å². The Morgan fingerprint density at radius 2 is 2.09 bits per heavy atom. The van der Waals surface area contributed by atoms with Gasteiger partial charge in [0.1, 0.15) is 0 Å². The van der Waals surface area contributed by atoms with Gasteiger partial charge in [0, 0.05) is 4.83 Å². The molecule has 1 aliphatic rings. The zero-order valence-corrected chi connectivity index (χ0v) is 9.39. The van der Waals surface area contributed by atoms with Gasteiger partial charge in [-0.25, -0.2) is 0 Å². The van der Waals surface area contributed by atoms with Crippen molar-refractivity contribution >= 4 is 15.9 Å². The van der Waals surface area contributed by atoms with Crippen LogP contribution in [0.15, 0.2) is 0 Å². The molecule has 0 heterocycles. The fourth-order valence-electron chi connectivity index (χ4n) is 2.05. The van der Waals surface area contributed by atoms with E-state index in [1.54, 1.807) is 0 Å². The first kappa shape index (κ1) is 9.57. The number of halogens is 1. The fraction of sp³-hybridized carbons (Fsp3) is 1.00. The Balaban J connectivity index is 2.27. The predicted octanol–water partition coefficient (Wildman–Crippen LogP) is 3.84. The van der Waals surface area contributed by atoms with Crippen LogP contribution < -0.4 is 0 Å². The first-order chi connectivity index (χ1) is 5.16. The van der Waals surface area contributed by atoms with E-state index < -0.39 is 0 Å². The molecule has 1 saturated carbocycles. The molecule has 0 saturated heterocycles. The molecule has 66 valence electrons. The van der Waals surface area contributed by atoms with Crippen LogP contribution >= 0.6 is 15.9 Å². The number of hydrogen-bond donors (Lipinski definition) is 0. The fourth-order valence-corrected chi connectivity index (χ4v) is 3.21. The SMILES string of the molecule is CCCC(Br)C1CC(C)C1C. The van der Waals surface area contributed by atoms with Crippen LogP contribution in [0.5, 0.6) is 0 Å². The molecule has 0 aliphatic heterocycles. The van der Waals surface area contributed by atoms with Gasteiger partial charge in [-0.3, -0.25) is 0 Å². The molecule has 11 heavy (non-hydrogen) atoms. The lowest BCUT2D eigenvalue weighted by atomic mass is 9.65. The van der Waals surface area contributed by atoms with Crippen molar-refractivity contribution in [2.45, 2.75) is 44.9 Å². The monoisotopic (exact) mass is 218 g/mol. The summed E-state index contributed by atoms with van der Waals surface area (Å²) in [6.45, 7) is 7.02. The molecule has 1 aliphatic carbocycles. The van der Waals surface area contributed by atoms with E-state index in [1.807, 2.05) is 0 Å². The van der Waals surface area contributed by atoms with Crippen LogP contribution in [-0.2, 0) is 0 Å². The van der Waals surface area contributed by atoms with Crippen LogP contribution in [0.25, 0.3) is 0 Å². The molecule has 0 bridgehead atoms. The second-order valence-corrected chi connectivity index (χ2v) is 5.22. The number of rotatable bonds is 3. The van der Waals surface area contributed by atoms with Crippen LogP contribution in [0.3, 0.4) is 0 Å². The Morgan fingerprint density at radius 1 is 1.45 bits per heavy atom. The summed E-state index contributed by atoms with van der Waals surface area (Å²) in [6, 6.07) is 0. The third-order valence-electron chi connectivity index (χ3n) is 3.25. The van der Waals surface area contributed by atoms with Gasteiger partial charge in [0.05, 0.1) is 0 Å². The molecule has 0 aromatic carbocycles. The summed E-state index contributed by atoms with van der Waals surface area (Å²) in [7, 11) is 0. The first-order valence-corrected chi connectivity index (χ1v) is 5.72. The zero-order chi connectivity index (χ0) is 8.43. The highest BCUT2D eigenvalue weighted by Crippen LogP contribution is 2.45. The van der Waals surface area contributed by atoms with Gasteiger partial charge >= 0.3 is 0 Å². The highest BCUT2D eigenvalue weighted by Gasteiger charge is 2.37. The molecule has 0 N–H and O–H groups in total. The molecule has 0 spiro atoms. The summed E-state index contributed by atoms with van der Waals surface area (Å²) in [5.74, 6) is 2.88. The highest BCUT2D eigenvalue weighted by molar-refractivity contribution is 9.09. The lowest BCUT2D eigenvalue weighted by Crippen LogP contribution is -2.38. The maximum absolute atomic E-state index is 3.78. The summed E-state index contributed by atoms with van der Waals surface area (Å²) >= 11 is 3.78. The molecular weight excluding hydrogens is 200 g/mol. The minimum Gasteiger partial charge on any atom is -0.0888 e. The van der Waals surface area contributed by atoms with Crippen molar-refractivity contribution in [1.82, 2.24) is 0 Å². The topological polar surface area (TPSA) is 0 Å². The summed E-state index contributed by atoms with van der Waals surface area (Å²) in [4.78, 5) is 0.790. The van der Waals surface area contributed by atoms with Crippen molar-refractivity contribution in [1.29, 1.82) is 0 Å². The van der Waals surface area contributed by atoms with Gasteiger partial charge < -0.3 is 0 Å². The zero-order valence-electron chi connectivity index (χ0n) is 7.81. The Bertz CT molecular complexity index is 122. The molecule has 0 amide bonds. The molecule has 1 fully saturated rings. The maximum Gasteiger partial charge on any atom is 0.0176 e. The van der Waals surface area contributed by atoms with Crippen molar-refractivity contribution in [3.05, 3.63) is 0 Å². The maximum atomic E-state index is 3.78. The van der Waals surface area contributed by atoms with Crippen molar-refractivity contribution in [3.63, 3.8) is 0 Å². The van der Waals surface area contributed by atoms with Gasteiger partial charge in [0.2, 0.25) is 0 Å². The van der Waals surface area contributed by atoms with Crippen LogP contribution in [0, 0.1) is 17.8 Å². The molecule has 4 unspecified atom stereocenters. The minimum absolute atomic E-state index is 0.790. The third-order valence-corrected chi connectivity index (χ3v) is 4.38. The van der Waals surface area contributed by atoms with Crippen molar-refractivity contribution in [2.24, 2.45) is 17.8 Å². The van der Waals surface area contributed by atoms with Crippen molar-refractivity contribution < 1.29 is 0 Å². The summed E-state index contributed by atoms with van der Waals surface area (Å²) in [6.07, 6.45) is 4.10. The smallest absolute Gasteiger partial charge is 0.0176 e. The van der Waals surface area contributed by atoms with Gasteiger partial charge in [-0.15, -0.1) is 0 Å². The first-order valence-electron chi connectivity index (χ1n) is 4.80. The second kappa shape index (κ2) is 3.93. The summed E-state index contributed by atoms with van der Waals surface area (Å²) in [5.41, 5.74) is 0. The lowest BCUT2D eigenvalue weighted by molar-refractivity contribution is 0.100. The second-order valence-electron chi connectivity index (χ2n) is 4.04. The van der Waals surface area contributed by atoms with Crippen LogP contribution in [-0.4, -0.2) is 4.83 Å². The highest BCUT2D eigenvalue weighted by atomic mass is 79.9. The molecule has 4 atom stereocenters. The van der Waals surface area contributed by atoms with Crippen LogP contribution in [0.1, 0.15) is 40.0 Å². The number of hydrogen-bond acceptors (Lipinski definition) is 0. The standard InChI is InChI=1S/C10H19Br/c1-4-5-10(11)9-6-7(2)8(9)3/h7-10H,4-6H2,1-3H3. The molecule has 1 heteroatoms. The predicted molar refractivity (Wildman–Crippen MR) is 54.1 cm³/mol. The van der Waals surface area contributed by atoms with Gasteiger partial charge in [0.25, 0.3) is 0 Å². The van der Waals surface area contributed by atoms with E-state index in [0.717, 1.165) is 22.6 Å². The normalized spacial score (nSPS) is 39.8. The average molecular weight is 219 g/mol. The number of alkyl halides is 1. The van der Waals surface area contributed by atoms with E-state index in [-0.39, 0.29) is 0 Å². The molecule has 0 aromatic heterocycles. The minimum atomic E-state index is 0.790. The van der Waals surface area contributed by atoms with E-state index in [1.165, 1.54) is 19.3 Å². The molecular formula is C10H19Br. The van der Waals surface area contributed by atoms with Crippen molar-refractivity contribution in [3.8, 4) is 0 Å². The average Bonchev–Trinajstić information content (AvgIpc) is 1.99. The third kappa shape index (κ3) is 1.99. The van der Waals surface area contributed by atoms with E-state index >= 15 is 0 Å². The molecule has 0 radical (unpaired) electrons. The Morgan fingerprint density at radius 3 is 2.45 bits per heavy atom. The van der Waals surface area contributed by atoms with E-state index in [4.69, 9.17) is 0 Å². The lowest BCUT2D eigenvalue weighted by Gasteiger charge is -2.43. The largest absolute Gasteiger partial charge is 0.0888 e. The van der Waals surface area contributed by atoms with E-state index in [2.05, 4.69) is 36.7 Å². The van der Waals surface area contributed by atoms with E-state index in [0.29, 0.717) is 0 Å². The van der Waals surface area contributed by atoms with Crippen molar-refractivity contribution in [2.75, 3.05) is 0 Å². The van der Waals surface area contributed by atoms with Crippen LogP contribution in [0.4, 0.5) is 0 Å². The van der Waals surface area contributed by atoms with Gasteiger partial charge in [-0.2, -0.15) is 0 Å². The molecule has 0 nitrogen and oxygen atoms in total. The Labute approximate surface area is 78.9 Å². The van der Waals surface area contributed by atoms with Gasteiger partial charge in [-0.05, 0) is 30.6 Å². The van der Waals surface area contributed by atoms with Gasteiger partial charge in [0.15, 0.2) is 0 Å². The summed E-state index contributed by atoms with van der Waals surface area (Å²) in [5, 5.41) is 0. The Kier molecular flexibility index (Phi) is 3.42. The summed E-state index contributed by atoms with van der Waals surface area (Å²) < 4.78 is 0. The molecule has 0 aromatic rings.